The van der Waals surface area contributed by atoms with E-state index in [-0.39, 0.29) is 5.92 Å². The van der Waals surface area contributed by atoms with Crippen LogP contribution in [-0.4, -0.2) is 25.7 Å². The molecule has 0 spiro atoms. The summed E-state index contributed by atoms with van der Waals surface area (Å²) in [5, 5.41) is 2.53. The molecule has 0 aromatic heterocycles. The Labute approximate surface area is 108 Å². The highest BCUT2D eigenvalue weighted by Gasteiger charge is 2.20. The lowest BCUT2D eigenvalue weighted by atomic mass is 10.0. The molecule has 1 N–H and O–H groups in total. The first kappa shape index (κ1) is 13.9. The van der Waals surface area contributed by atoms with Crippen LogP contribution < -0.4 is 5.32 Å². The van der Waals surface area contributed by atoms with Gasteiger partial charge in [-0.3, -0.25) is 4.79 Å². The fourth-order valence-electron chi connectivity index (χ4n) is 1.98. The van der Waals surface area contributed by atoms with Crippen molar-refractivity contribution in [2.24, 2.45) is 5.92 Å². The molecule has 0 bridgehead atoms. The number of ether oxygens (including phenoxy) is 1. The molecule has 1 aliphatic heterocycles. The zero-order chi connectivity index (χ0) is 13.8. The maximum Gasteiger partial charge on any atom is 0.254 e. The van der Waals surface area contributed by atoms with E-state index in [0.29, 0.717) is 19.8 Å². The molecule has 19 heavy (non-hydrogen) atoms. The summed E-state index contributed by atoms with van der Waals surface area (Å²) in [7, 11) is 0. The minimum Gasteiger partial charge on any atom is -0.381 e. The first-order chi connectivity index (χ1) is 9.09. The van der Waals surface area contributed by atoms with Gasteiger partial charge in [-0.1, -0.05) is 0 Å². The summed E-state index contributed by atoms with van der Waals surface area (Å²) in [6, 6.07) is 1.68. The fraction of sp³-hybridized carbons (Fsp3) is 0.462. The summed E-state index contributed by atoms with van der Waals surface area (Å²) in [6.07, 6.45) is 1.64. The van der Waals surface area contributed by atoms with Gasteiger partial charge in [0.15, 0.2) is 17.5 Å². The molecule has 1 aromatic carbocycles. The topological polar surface area (TPSA) is 38.3 Å². The second-order valence-corrected chi connectivity index (χ2v) is 4.49. The zero-order valence-corrected chi connectivity index (χ0v) is 10.2. The van der Waals surface area contributed by atoms with Gasteiger partial charge in [-0.25, -0.2) is 13.2 Å². The lowest BCUT2D eigenvalue weighted by Gasteiger charge is -2.22. The second-order valence-electron chi connectivity index (χ2n) is 4.49. The summed E-state index contributed by atoms with van der Waals surface area (Å²) < 4.78 is 44.3. The molecule has 2 rings (SSSR count). The maximum absolute atomic E-state index is 13.4. The average molecular weight is 273 g/mol. The van der Waals surface area contributed by atoms with E-state index < -0.39 is 28.9 Å². The predicted octanol–water partition coefficient (Wildman–Crippen LogP) is 2.26. The number of nitrogens with one attached hydrogen (secondary N) is 1. The highest BCUT2D eigenvalue weighted by molar-refractivity contribution is 5.94. The van der Waals surface area contributed by atoms with Gasteiger partial charge >= 0.3 is 0 Å². The first-order valence-corrected chi connectivity index (χ1v) is 6.09. The lowest BCUT2D eigenvalue weighted by molar-refractivity contribution is 0.0642. The number of carbonyl (C=O) groups is 1. The van der Waals surface area contributed by atoms with E-state index in [1.54, 1.807) is 0 Å². The second kappa shape index (κ2) is 6.06. The molecule has 1 amide bonds. The van der Waals surface area contributed by atoms with Gasteiger partial charge in [-0.15, -0.1) is 0 Å². The Hall–Kier alpha value is -1.56. The van der Waals surface area contributed by atoms with E-state index >= 15 is 0 Å². The number of halogens is 3. The Morgan fingerprint density at radius 2 is 1.89 bits per heavy atom. The molecular formula is C13H14F3NO2. The van der Waals surface area contributed by atoms with Crippen LogP contribution in [0.15, 0.2) is 12.1 Å². The van der Waals surface area contributed by atoms with Crippen LogP contribution in [0.5, 0.6) is 0 Å². The average Bonchev–Trinajstić information content (AvgIpc) is 2.43. The number of benzene rings is 1. The molecule has 0 saturated carbocycles. The van der Waals surface area contributed by atoms with Crippen LogP contribution in [-0.2, 0) is 4.74 Å². The van der Waals surface area contributed by atoms with Gasteiger partial charge in [0.05, 0.1) is 5.56 Å². The van der Waals surface area contributed by atoms with Crippen LogP contribution in [0.4, 0.5) is 13.2 Å². The van der Waals surface area contributed by atoms with Gasteiger partial charge in [0.2, 0.25) is 0 Å². The summed E-state index contributed by atoms with van der Waals surface area (Å²) >= 11 is 0. The van der Waals surface area contributed by atoms with Crippen molar-refractivity contribution in [3.63, 3.8) is 0 Å². The SMILES string of the molecule is O=C(NCC1CCOCC1)c1ccc(F)c(F)c1F. The highest BCUT2D eigenvalue weighted by Crippen LogP contribution is 2.16. The van der Waals surface area contributed by atoms with Crippen LogP contribution in [0.2, 0.25) is 0 Å². The van der Waals surface area contributed by atoms with Crippen molar-refractivity contribution in [3.05, 3.63) is 35.1 Å². The third kappa shape index (κ3) is 3.26. The van der Waals surface area contributed by atoms with Gasteiger partial charge in [0, 0.05) is 19.8 Å². The number of amides is 1. The molecule has 0 unspecified atom stereocenters. The maximum atomic E-state index is 13.4. The minimum atomic E-state index is -1.63. The van der Waals surface area contributed by atoms with Crippen molar-refractivity contribution >= 4 is 5.91 Å². The zero-order valence-electron chi connectivity index (χ0n) is 10.2. The fourth-order valence-corrected chi connectivity index (χ4v) is 1.98. The van der Waals surface area contributed by atoms with Gasteiger partial charge in [-0.05, 0) is 30.9 Å². The normalized spacial score (nSPS) is 16.4. The largest absolute Gasteiger partial charge is 0.381 e. The van der Waals surface area contributed by atoms with Crippen molar-refractivity contribution in [2.75, 3.05) is 19.8 Å². The van der Waals surface area contributed by atoms with Crippen molar-refractivity contribution in [1.29, 1.82) is 0 Å². The molecule has 1 fully saturated rings. The van der Waals surface area contributed by atoms with E-state index in [1.807, 2.05) is 0 Å². The van der Waals surface area contributed by atoms with E-state index in [0.717, 1.165) is 25.0 Å². The quantitative estimate of drug-likeness (QED) is 0.858. The summed E-state index contributed by atoms with van der Waals surface area (Å²) in [5.74, 6) is -4.85. The molecular weight excluding hydrogens is 259 g/mol. The van der Waals surface area contributed by atoms with Crippen LogP contribution in [0, 0.1) is 23.4 Å². The lowest BCUT2D eigenvalue weighted by Crippen LogP contribution is -2.32. The monoisotopic (exact) mass is 273 g/mol. The molecule has 0 radical (unpaired) electrons. The molecule has 1 saturated heterocycles. The predicted molar refractivity (Wildman–Crippen MR) is 62.2 cm³/mol. The Morgan fingerprint density at radius 1 is 1.21 bits per heavy atom. The Morgan fingerprint density at radius 3 is 2.58 bits per heavy atom. The number of carbonyl (C=O) groups excluding carboxylic acids is 1. The summed E-state index contributed by atoms with van der Waals surface area (Å²) in [5.41, 5.74) is -0.481. The molecule has 0 aliphatic carbocycles. The molecule has 3 nitrogen and oxygen atoms in total. The number of hydrogen-bond donors (Lipinski definition) is 1. The van der Waals surface area contributed by atoms with Gasteiger partial charge in [0.25, 0.3) is 5.91 Å². The highest BCUT2D eigenvalue weighted by atomic mass is 19.2. The minimum absolute atomic E-state index is 0.269. The van der Waals surface area contributed by atoms with Crippen LogP contribution in [0.3, 0.4) is 0 Å². The third-order valence-electron chi connectivity index (χ3n) is 3.17. The molecule has 6 heteroatoms. The van der Waals surface area contributed by atoms with Crippen LogP contribution in [0.25, 0.3) is 0 Å². The van der Waals surface area contributed by atoms with Crippen LogP contribution in [0.1, 0.15) is 23.2 Å². The smallest absolute Gasteiger partial charge is 0.254 e. The Bertz CT molecular complexity index is 473. The third-order valence-corrected chi connectivity index (χ3v) is 3.17. The van der Waals surface area contributed by atoms with Crippen LogP contribution >= 0.6 is 0 Å². The number of hydrogen-bond acceptors (Lipinski definition) is 2. The van der Waals surface area contributed by atoms with Crippen molar-refractivity contribution in [2.45, 2.75) is 12.8 Å². The van der Waals surface area contributed by atoms with Crippen molar-refractivity contribution in [1.82, 2.24) is 5.32 Å². The van der Waals surface area contributed by atoms with Gasteiger partial charge in [-0.2, -0.15) is 0 Å². The molecule has 1 heterocycles. The van der Waals surface area contributed by atoms with Gasteiger partial charge < -0.3 is 10.1 Å². The van der Waals surface area contributed by atoms with E-state index in [4.69, 9.17) is 4.74 Å². The van der Waals surface area contributed by atoms with E-state index in [2.05, 4.69) is 5.32 Å². The van der Waals surface area contributed by atoms with Crippen molar-refractivity contribution in [3.8, 4) is 0 Å². The summed E-state index contributed by atoms with van der Waals surface area (Å²) in [4.78, 5) is 11.7. The Kier molecular flexibility index (Phi) is 4.42. The number of rotatable bonds is 3. The molecule has 0 atom stereocenters. The van der Waals surface area contributed by atoms with Crippen molar-refractivity contribution < 1.29 is 22.7 Å². The van der Waals surface area contributed by atoms with E-state index in [9.17, 15) is 18.0 Å². The Balaban J connectivity index is 1.98. The standard InChI is InChI=1S/C13H14F3NO2/c14-10-2-1-9(11(15)12(10)16)13(18)17-7-8-3-5-19-6-4-8/h1-2,8H,3-7H2,(H,17,18). The molecule has 1 aliphatic rings. The summed E-state index contributed by atoms with van der Waals surface area (Å²) in [6.45, 7) is 1.65. The van der Waals surface area contributed by atoms with Gasteiger partial charge in [0.1, 0.15) is 0 Å². The van der Waals surface area contributed by atoms with E-state index in [1.165, 1.54) is 0 Å². The first-order valence-electron chi connectivity index (χ1n) is 6.09. The molecule has 104 valence electrons. The molecule has 1 aromatic rings.